The monoisotopic (exact) mass is 2100 g/mol. The molecule has 3 aliphatic rings. The van der Waals surface area contributed by atoms with E-state index < -0.39 is 60.4 Å². The molecule has 0 radical (unpaired) electrons. The summed E-state index contributed by atoms with van der Waals surface area (Å²) >= 11 is 89.5. The van der Waals surface area contributed by atoms with Gasteiger partial charge in [-0.1, -0.05) is 224 Å². The van der Waals surface area contributed by atoms with Crippen molar-refractivity contribution < 1.29 is 34.1 Å². The van der Waals surface area contributed by atoms with E-state index in [9.17, 15) is 59.9 Å². The number of aromatic hydroxyl groups is 3. The predicted molar refractivity (Wildman–Crippen MR) is 534 cm³/mol. The molecule has 0 saturated carbocycles. The average molecular weight is 2100 g/mol. The number of rotatable bonds is 15. The first-order valence-electron chi connectivity index (χ1n) is 41.1. The highest BCUT2D eigenvalue weighted by molar-refractivity contribution is 6.55. The zero-order valence-electron chi connectivity index (χ0n) is 72.8. The number of amides is 3. The van der Waals surface area contributed by atoms with E-state index in [0.29, 0.717) is 144 Å². The van der Waals surface area contributed by atoms with Gasteiger partial charge in [0.25, 0.3) is 16.7 Å². The Balaban J connectivity index is 0.000000171. The lowest BCUT2D eigenvalue weighted by Crippen LogP contribution is -2.49. The molecular weight excluding hydrogens is 2030 g/mol. The Labute approximate surface area is 841 Å². The van der Waals surface area contributed by atoms with Gasteiger partial charge in [-0.25, -0.2) is 19.3 Å². The Morgan fingerprint density at radius 3 is 0.859 bits per heavy atom. The maximum atomic E-state index is 15.6. The van der Waals surface area contributed by atoms with Crippen molar-refractivity contribution in [3.05, 3.63) is 251 Å². The van der Waals surface area contributed by atoms with Gasteiger partial charge in [0.05, 0.1) is 140 Å². The number of carbonyl (C=O) groups is 3. The molecule has 3 fully saturated rings. The highest BCUT2D eigenvalue weighted by Gasteiger charge is 2.38. The van der Waals surface area contributed by atoms with E-state index in [1.807, 2.05) is 70.1 Å². The van der Waals surface area contributed by atoms with E-state index in [-0.39, 0.29) is 171 Å². The summed E-state index contributed by atoms with van der Waals surface area (Å²) in [6.45, 7) is 31.5. The van der Waals surface area contributed by atoms with E-state index in [2.05, 4.69) is 57.9 Å². The van der Waals surface area contributed by atoms with Crippen molar-refractivity contribution in [2.45, 2.75) is 80.1 Å². The highest BCUT2D eigenvalue weighted by Crippen LogP contribution is 2.55. The number of phenolic OH excluding ortho intramolecular Hbond substituents is 3. The Morgan fingerprint density at radius 1 is 0.378 bits per heavy atom. The standard InChI is InChI=1S/2C31H25Cl5N6O3.C31H25Cl4FN6O3/c2*1-5-19(43)40-8-10-41(11-9-40)28-16-12-18(32)26(20-21(33)22(34)23(35)24(36)29(20)44)39-30(16)42(31(45)17(28)13-37)27-15(4)6-7-38-25(27)14(2)3;1-5-19(43)40-8-10-41(11-9-40)28-16-12-18(32)26(20-24(36)22(34)21(33)23(35)29(20)44)39-30(16)42(31(45)17(28)13-37)27-15(4)6-7-38-25(27)14(2)3/h3*5-7,12,14,44H,1,8-11H2,2-4H3. The summed E-state index contributed by atoms with van der Waals surface area (Å²) in [5.74, 6) is -3.91. The summed E-state index contributed by atoms with van der Waals surface area (Å²) in [5, 5.41) is 62.4. The number of halogens is 15. The predicted octanol–water partition coefficient (Wildman–Crippen LogP) is 22.2. The van der Waals surface area contributed by atoms with Gasteiger partial charge in [0.2, 0.25) is 17.7 Å². The Morgan fingerprint density at radius 2 is 0.615 bits per heavy atom. The zero-order chi connectivity index (χ0) is 98.7. The van der Waals surface area contributed by atoms with Crippen LogP contribution in [-0.2, 0) is 14.4 Å². The SMILES string of the molecule is C=CC(=O)N1CCN(c2c(C#N)c(=O)n(-c3c(C)ccnc3C(C)C)c3nc(-c4c(O)c(Cl)c(Cl)c(Cl)c4Cl)c(Cl)cc23)CC1.C=CC(=O)N1CCN(c2c(C#N)c(=O)n(-c3c(C)ccnc3C(C)C)c3nc(-c4c(O)c(Cl)c(Cl)c(Cl)c4Cl)c(Cl)cc23)CC1.C=CC(=O)N1CCN(c2c(C#N)c(=O)n(-c3c(C)ccnc3C(C)C)c3nc(-c4c(O)c(Cl)c(Cl)c(Cl)c4F)c(Cl)cc23)CC1. The van der Waals surface area contributed by atoms with Crippen molar-refractivity contribution in [1.29, 1.82) is 15.8 Å². The van der Waals surface area contributed by atoms with Gasteiger partial charge in [0.1, 0.15) is 84.2 Å². The second-order valence-electron chi connectivity index (χ2n) is 32.0. The fraction of sp³-hybridized carbons (Fsp3) is 0.258. The molecule has 3 aromatic carbocycles. The van der Waals surface area contributed by atoms with E-state index >= 15 is 4.39 Å². The van der Waals surface area contributed by atoms with Gasteiger partial charge in [-0.05, 0) is 110 Å². The number of anilines is 3. The minimum absolute atomic E-state index is 0.0111. The van der Waals surface area contributed by atoms with Gasteiger partial charge in [-0.2, -0.15) is 15.8 Å². The third-order valence-electron chi connectivity index (χ3n) is 23.0. The molecule has 3 aliphatic heterocycles. The van der Waals surface area contributed by atoms with Gasteiger partial charge in [-0.15, -0.1) is 0 Å². The molecule has 135 heavy (non-hydrogen) atoms. The van der Waals surface area contributed by atoms with Crippen LogP contribution < -0.4 is 31.4 Å². The van der Waals surface area contributed by atoms with Crippen molar-refractivity contribution in [2.75, 3.05) is 93.2 Å². The molecule has 42 heteroatoms. The molecule has 0 aliphatic carbocycles. The van der Waals surface area contributed by atoms with Crippen molar-refractivity contribution in [1.82, 2.24) is 58.3 Å². The van der Waals surface area contributed by atoms with E-state index in [1.54, 1.807) is 70.5 Å². The summed E-state index contributed by atoms with van der Waals surface area (Å²) in [7, 11) is 0. The Bertz CT molecular complexity index is 6640. The molecule has 12 aromatic rings. The van der Waals surface area contributed by atoms with Crippen molar-refractivity contribution in [2.24, 2.45) is 0 Å². The van der Waals surface area contributed by atoms with Gasteiger partial charge in [0.15, 0.2) is 5.82 Å². The lowest BCUT2D eigenvalue weighted by molar-refractivity contribution is -0.127. The number of carbonyl (C=O) groups excluding carboxylic acids is 3. The Kier molecular flexibility index (Phi) is 31.0. The molecule has 3 N–H and O–H groups in total. The summed E-state index contributed by atoms with van der Waals surface area (Å²) in [5.41, 5.74) is 2.86. The van der Waals surface area contributed by atoms with Gasteiger partial charge in [0, 0.05) is 113 Å². The zero-order valence-corrected chi connectivity index (χ0v) is 83.4. The lowest BCUT2D eigenvalue weighted by Gasteiger charge is -2.36. The third kappa shape index (κ3) is 18.4. The molecule has 0 spiro atoms. The summed E-state index contributed by atoms with van der Waals surface area (Å²) in [4.78, 5) is 118. The van der Waals surface area contributed by atoms with Crippen LogP contribution in [0, 0.1) is 60.6 Å². The maximum absolute atomic E-state index is 15.6. The fourth-order valence-corrected chi connectivity index (χ4v) is 19.6. The van der Waals surface area contributed by atoms with Crippen molar-refractivity contribution in [3.8, 4) is 86.3 Å². The van der Waals surface area contributed by atoms with Crippen LogP contribution in [0.2, 0.25) is 70.3 Å². The second-order valence-corrected chi connectivity index (χ2v) is 37.4. The molecule has 0 unspecified atom stereocenters. The number of nitriles is 3. The summed E-state index contributed by atoms with van der Waals surface area (Å²) in [6, 6.07) is 16.1. The average Bonchev–Trinajstić information content (AvgIpc) is 0.728. The van der Waals surface area contributed by atoms with Crippen LogP contribution >= 0.6 is 162 Å². The normalized spacial score (nSPS) is 13.4. The van der Waals surface area contributed by atoms with E-state index in [0.717, 1.165) is 0 Å². The number of nitrogens with zero attached hydrogens (tertiary/aromatic N) is 18. The van der Waals surface area contributed by atoms with Crippen LogP contribution in [-0.4, -0.2) is 170 Å². The van der Waals surface area contributed by atoms with E-state index in [4.69, 9.17) is 172 Å². The van der Waals surface area contributed by atoms with Crippen LogP contribution in [0.3, 0.4) is 0 Å². The largest absolute Gasteiger partial charge is 0.506 e. The van der Waals surface area contributed by atoms with Crippen molar-refractivity contribution >= 4 is 230 Å². The van der Waals surface area contributed by atoms with Gasteiger partial charge in [-0.3, -0.25) is 57.4 Å². The fourth-order valence-electron chi connectivity index (χ4n) is 16.4. The second kappa shape index (κ2) is 41.2. The number of aromatic nitrogens is 9. The molecule has 3 amide bonds. The molecule has 27 nitrogen and oxygen atoms in total. The quantitative estimate of drug-likeness (QED) is 0.0487. The minimum atomic E-state index is -1.12. The van der Waals surface area contributed by atoms with Crippen molar-refractivity contribution in [3.63, 3.8) is 0 Å². The number of benzene rings is 3. The van der Waals surface area contributed by atoms with Crippen LogP contribution in [0.15, 0.2) is 107 Å². The third-order valence-corrected chi connectivity index (χ3v) is 28.8. The topological polar surface area (TPSA) is 346 Å². The molecule has 3 saturated heterocycles. The summed E-state index contributed by atoms with van der Waals surface area (Å²) in [6.07, 6.45) is 8.63. The lowest BCUT2D eigenvalue weighted by atomic mass is 10.0. The maximum Gasteiger partial charge on any atom is 0.276 e. The number of aryl methyl sites for hydroxylation is 3. The number of fused-ring (bicyclic) bond motifs is 3. The van der Waals surface area contributed by atoms with E-state index in [1.165, 1.54) is 38.0 Å². The van der Waals surface area contributed by atoms with Gasteiger partial charge < -0.3 is 44.7 Å². The number of pyridine rings is 9. The molecule has 15 rings (SSSR count). The molecule has 0 bridgehead atoms. The molecule has 696 valence electrons. The first kappa shape index (κ1) is 102. The first-order valence-corrected chi connectivity index (χ1v) is 46.4. The summed E-state index contributed by atoms with van der Waals surface area (Å²) < 4.78 is 19.6. The minimum Gasteiger partial charge on any atom is -0.506 e. The van der Waals surface area contributed by atoms with Crippen LogP contribution in [0.4, 0.5) is 21.5 Å². The van der Waals surface area contributed by atoms with Crippen LogP contribution in [0.25, 0.3) is 83.9 Å². The molecular formula is C93H75Cl14FN18O9. The first-order chi connectivity index (χ1) is 64.0. The van der Waals surface area contributed by atoms with Crippen LogP contribution in [0.1, 0.15) is 110 Å². The van der Waals surface area contributed by atoms with Gasteiger partial charge >= 0.3 is 0 Å². The highest BCUT2D eigenvalue weighted by atomic mass is 35.5. The smallest absolute Gasteiger partial charge is 0.276 e. The number of hydrogen-bond donors (Lipinski definition) is 3. The number of phenols is 3. The molecule has 0 atom stereocenters. The number of hydrogen-bond acceptors (Lipinski definition) is 21. The molecule has 12 heterocycles. The molecule has 9 aromatic heterocycles. The number of piperazine rings is 3. The van der Waals surface area contributed by atoms with Crippen LogP contribution in [0.5, 0.6) is 17.2 Å². The Hall–Kier alpha value is -10.9.